The number of benzene rings is 3. The summed E-state index contributed by atoms with van der Waals surface area (Å²) in [4.78, 5) is 35.3. The van der Waals surface area contributed by atoms with Gasteiger partial charge in [0.2, 0.25) is 0 Å². The van der Waals surface area contributed by atoms with Crippen LogP contribution in [0.25, 0.3) is 16.8 Å². The van der Waals surface area contributed by atoms with Gasteiger partial charge in [0.25, 0.3) is 11.5 Å². The van der Waals surface area contributed by atoms with E-state index in [0.717, 1.165) is 27.6 Å². The molecule has 2 heterocycles. The second-order valence-electron chi connectivity index (χ2n) is 9.63. The topological polar surface area (TPSA) is 73.1 Å². The van der Waals surface area contributed by atoms with Crippen LogP contribution in [0.2, 0.25) is 0 Å². The Morgan fingerprint density at radius 1 is 1.10 bits per heavy atom. The molecule has 1 aliphatic heterocycles. The maximum atomic E-state index is 14.2. The number of rotatable bonds is 9. The lowest BCUT2D eigenvalue weighted by molar-refractivity contribution is -0.127. The Bertz CT molecular complexity index is 1830. The fourth-order valence-corrected chi connectivity index (χ4v) is 6.30. The number of hydrogen-bond acceptors (Lipinski definition) is 6. The summed E-state index contributed by atoms with van der Waals surface area (Å²) in [5.41, 5.74) is 2.49. The van der Waals surface area contributed by atoms with E-state index in [-0.39, 0.29) is 11.5 Å². The molecule has 0 aliphatic carbocycles. The van der Waals surface area contributed by atoms with E-state index in [0.29, 0.717) is 46.0 Å². The molecule has 0 spiro atoms. The average Bonchev–Trinajstić information content (AvgIpc) is 3.29. The molecule has 3 aromatic carbocycles. The Kier molecular flexibility index (Phi) is 8.21. The molecule has 1 aromatic heterocycles. The van der Waals surface area contributed by atoms with Crippen LogP contribution in [0.15, 0.2) is 94.4 Å². The van der Waals surface area contributed by atoms with Gasteiger partial charge in [0.05, 0.1) is 22.9 Å². The second-order valence-corrected chi connectivity index (χ2v) is 10.6. The normalized spacial score (nSPS) is 14.9. The molecule has 210 valence electrons. The van der Waals surface area contributed by atoms with E-state index in [4.69, 9.17) is 14.5 Å². The molecular weight excluding hydrogens is 534 g/mol. The van der Waals surface area contributed by atoms with Crippen molar-refractivity contribution in [1.82, 2.24) is 9.47 Å². The fourth-order valence-electron chi connectivity index (χ4n) is 5.25. The highest BCUT2D eigenvalue weighted by molar-refractivity contribution is 7.07. The van der Waals surface area contributed by atoms with E-state index in [1.54, 1.807) is 22.7 Å². The highest BCUT2D eigenvalue weighted by Gasteiger charge is 2.36. The quantitative estimate of drug-likeness (QED) is 0.272. The first-order valence-corrected chi connectivity index (χ1v) is 14.4. The van der Waals surface area contributed by atoms with Crippen molar-refractivity contribution in [1.29, 1.82) is 0 Å². The van der Waals surface area contributed by atoms with Gasteiger partial charge in [-0.3, -0.25) is 14.2 Å². The van der Waals surface area contributed by atoms with Crippen molar-refractivity contribution in [2.45, 2.75) is 26.8 Å². The zero-order valence-electron chi connectivity index (χ0n) is 23.7. The van der Waals surface area contributed by atoms with Gasteiger partial charge in [0, 0.05) is 18.7 Å². The van der Waals surface area contributed by atoms with Crippen LogP contribution in [-0.2, 0) is 4.79 Å². The van der Waals surface area contributed by atoms with Gasteiger partial charge < -0.3 is 14.4 Å². The minimum Gasteiger partial charge on any atom is -0.496 e. The molecule has 7 nitrogen and oxygen atoms in total. The number of hydrogen-bond donors (Lipinski definition) is 0. The van der Waals surface area contributed by atoms with E-state index in [1.807, 2.05) is 87.5 Å². The van der Waals surface area contributed by atoms with Gasteiger partial charge in [-0.05, 0) is 61.4 Å². The number of ether oxygens (including phenoxy) is 2. The fraction of sp³-hybridized carbons (Fsp3) is 0.242. The molecule has 0 saturated carbocycles. The molecule has 1 aliphatic rings. The van der Waals surface area contributed by atoms with Gasteiger partial charge in [0.1, 0.15) is 24.1 Å². The average molecular weight is 568 g/mol. The first kappa shape index (κ1) is 28.1. The summed E-state index contributed by atoms with van der Waals surface area (Å²) in [6, 6.07) is 18.7. The molecule has 4 aromatic rings. The van der Waals surface area contributed by atoms with Crippen LogP contribution in [0, 0.1) is 0 Å². The lowest BCUT2D eigenvalue weighted by Gasteiger charge is -2.30. The van der Waals surface area contributed by atoms with E-state index >= 15 is 0 Å². The molecule has 0 N–H and O–H groups in total. The van der Waals surface area contributed by atoms with Crippen LogP contribution in [-0.4, -0.2) is 42.2 Å². The highest BCUT2D eigenvalue weighted by Crippen LogP contribution is 2.40. The predicted molar refractivity (Wildman–Crippen MR) is 164 cm³/mol. The lowest BCUT2D eigenvalue weighted by atomic mass is 9.90. The molecule has 0 bridgehead atoms. The number of allylic oxidation sites excluding steroid dienone is 1. The molecule has 0 radical (unpaired) electrons. The van der Waals surface area contributed by atoms with E-state index in [2.05, 4.69) is 6.58 Å². The minimum absolute atomic E-state index is 0.138. The monoisotopic (exact) mass is 567 g/mol. The third kappa shape index (κ3) is 5.23. The zero-order chi connectivity index (χ0) is 29.1. The Hall–Kier alpha value is -4.43. The third-order valence-electron chi connectivity index (χ3n) is 7.27. The molecular formula is C33H33N3O4S. The van der Waals surface area contributed by atoms with Gasteiger partial charge in [-0.2, -0.15) is 0 Å². The van der Waals surface area contributed by atoms with Gasteiger partial charge in [-0.1, -0.05) is 66.5 Å². The van der Waals surface area contributed by atoms with Crippen molar-refractivity contribution >= 4 is 34.1 Å². The van der Waals surface area contributed by atoms with Crippen molar-refractivity contribution < 1.29 is 14.3 Å². The van der Waals surface area contributed by atoms with Gasteiger partial charge in [-0.15, -0.1) is 0 Å². The third-order valence-corrected chi connectivity index (χ3v) is 8.26. The SMILES string of the molecule is C=CCOc1ccc(/C=c2/sc3n(c2=O)[C@@H](c2c(OC)ccc4ccccc24)C(C(=O)N(CC)CC)=C(C)N=3)cc1. The molecule has 0 saturated heterocycles. The Balaban J connectivity index is 1.76. The summed E-state index contributed by atoms with van der Waals surface area (Å²) in [5.74, 6) is 1.19. The molecule has 1 amide bonds. The lowest BCUT2D eigenvalue weighted by Crippen LogP contribution is -2.43. The Morgan fingerprint density at radius 3 is 2.51 bits per heavy atom. The largest absolute Gasteiger partial charge is 0.496 e. The Morgan fingerprint density at radius 2 is 1.83 bits per heavy atom. The van der Waals surface area contributed by atoms with Crippen LogP contribution in [0.5, 0.6) is 11.5 Å². The number of carbonyl (C=O) groups is 1. The number of amides is 1. The van der Waals surface area contributed by atoms with Gasteiger partial charge >= 0.3 is 0 Å². The first-order valence-electron chi connectivity index (χ1n) is 13.6. The summed E-state index contributed by atoms with van der Waals surface area (Å²) in [6.45, 7) is 10.9. The molecule has 1 atom stereocenters. The predicted octanol–water partition coefficient (Wildman–Crippen LogP) is 4.83. The number of thiazole rings is 1. The summed E-state index contributed by atoms with van der Waals surface area (Å²) in [6.07, 6.45) is 3.54. The van der Waals surface area contributed by atoms with Crippen molar-refractivity contribution in [2.75, 3.05) is 26.8 Å². The number of fused-ring (bicyclic) bond motifs is 2. The van der Waals surface area contributed by atoms with E-state index < -0.39 is 6.04 Å². The van der Waals surface area contributed by atoms with E-state index in [1.165, 1.54) is 11.3 Å². The standard InChI is InChI=1S/C33H33N3O4S/c1-6-19-40-24-16-13-22(14-17-24)20-27-31(37)36-30(29-25-12-10-9-11-23(25)15-18-26(29)39-5)28(21(4)34-33(36)41-27)32(38)35(7-2)8-3/h6,9-18,20,30H,1,7-8,19H2,2-5H3/b27-20+/t30-/m1/s1. The minimum atomic E-state index is -0.711. The molecule has 0 unspecified atom stereocenters. The molecule has 8 heteroatoms. The van der Waals surface area contributed by atoms with E-state index in [9.17, 15) is 9.59 Å². The van der Waals surface area contributed by atoms with Crippen molar-refractivity contribution in [3.8, 4) is 11.5 Å². The molecule has 0 fully saturated rings. The van der Waals surface area contributed by atoms with Crippen LogP contribution >= 0.6 is 11.3 Å². The van der Waals surface area contributed by atoms with Crippen molar-refractivity contribution in [3.63, 3.8) is 0 Å². The summed E-state index contributed by atoms with van der Waals surface area (Å²) >= 11 is 1.31. The maximum absolute atomic E-state index is 14.2. The van der Waals surface area contributed by atoms with Crippen LogP contribution in [0.3, 0.4) is 0 Å². The van der Waals surface area contributed by atoms with Crippen LogP contribution < -0.4 is 24.4 Å². The van der Waals surface area contributed by atoms with Crippen molar-refractivity contribution in [3.05, 3.63) is 115 Å². The van der Waals surface area contributed by atoms with Crippen LogP contribution in [0.4, 0.5) is 0 Å². The van der Waals surface area contributed by atoms with Gasteiger partial charge in [0.15, 0.2) is 4.80 Å². The summed E-state index contributed by atoms with van der Waals surface area (Å²) < 4.78 is 13.6. The number of carbonyl (C=O) groups excluding carboxylic acids is 1. The number of nitrogens with zero attached hydrogens (tertiary/aromatic N) is 3. The molecule has 5 rings (SSSR count). The Labute approximate surface area is 243 Å². The first-order chi connectivity index (χ1) is 19.9. The second kappa shape index (κ2) is 12.0. The van der Waals surface area contributed by atoms with Crippen molar-refractivity contribution in [2.24, 2.45) is 4.99 Å². The highest BCUT2D eigenvalue weighted by atomic mass is 32.1. The van der Waals surface area contributed by atoms with Gasteiger partial charge in [-0.25, -0.2) is 4.99 Å². The number of aromatic nitrogens is 1. The molecule has 41 heavy (non-hydrogen) atoms. The zero-order valence-corrected chi connectivity index (χ0v) is 24.5. The number of likely N-dealkylation sites (N-methyl/N-ethyl adjacent to an activating group) is 1. The summed E-state index contributed by atoms with van der Waals surface area (Å²) in [5, 5.41) is 1.91. The smallest absolute Gasteiger partial charge is 0.271 e. The summed E-state index contributed by atoms with van der Waals surface area (Å²) in [7, 11) is 1.61. The number of methoxy groups -OCH3 is 1. The maximum Gasteiger partial charge on any atom is 0.271 e. The van der Waals surface area contributed by atoms with Crippen LogP contribution in [0.1, 0.15) is 37.9 Å².